The van der Waals surface area contributed by atoms with Gasteiger partial charge in [-0.1, -0.05) is 95.5 Å². The molecule has 0 saturated heterocycles. The maximum atomic E-state index is 14.6. The summed E-state index contributed by atoms with van der Waals surface area (Å²) in [6, 6.07) is 30.1. The van der Waals surface area contributed by atoms with E-state index in [4.69, 9.17) is 0 Å². The lowest BCUT2D eigenvalue weighted by Crippen LogP contribution is -2.54. The highest BCUT2D eigenvalue weighted by molar-refractivity contribution is 9.10. The predicted octanol–water partition coefficient (Wildman–Crippen LogP) is 6.96. The molecule has 1 atom stereocenters. The molecule has 2 amide bonds. The van der Waals surface area contributed by atoms with Crippen LogP contribution in [0.4, 0.5) is 5.69 Å². The molecule has 1 aliphatic rings. The predicted molar refractivity (Wildman–Crippen MR) is 186 cm³/mol. The van der Waals surface area contributed by atoms with Crippen molar-refractivity contribution in [1.82, 2.24) is 10.2 Å². The summed E-state index contributed by atoms with van der Waals surface area (Å²) in [6.45, 7) is 3.45. The molecule has 0 radical (unpaired) electrons. The first-order chi connectivity index (χ1) is 22.1. The third-order valence-electron chi connectivity index (χ3n) is 8.34. The van der Waals surface area contributed by atoms with E-state index in [2.05, 4.69) is 21.2 Å². The van der Waals surface area contributed by atoms with Crippen LogP contribution in [0.1, 0.15) is 47.9 Å². The van der Waals surface area contributed by atoms with Gasteiger partial charge in [-0.2, -0.15) is 0 Å². The minimum absolute atomic E-state index is 0.0561. The summed E-state index contributed by atoms with van der Waals surface area (Å²) in [6.07, 6.45) is 4.20. The van der Waals surface area contributed by atoms with Crippen LogP contribution in [0.25, 0.3) is 0 Å². The molecule has 0 aliphatic heterocycles. The number of carbonyl (C=O) groups is 2. The first-order valence-corrected chi connectivity index (χ1v) is 17.9. The van der Waals surface area contributed by atoms with Crippen molar-refractivity contribution in [3.05, 3.63) is 130 Å². The van der Waals surface area contributed by atoms with Gasteiger partial charge in [0, 0.05) is 23.5 Å². The number of carbonyl (C=O) groups excluding carboxylic acids is 2. The quantitative estimate of drug-likeness (QED) is 0.173. The van der Waals surface area contributed by atoms with E-state index < -0.39 is 28.5 Å². The SMILES string of the molecule is Cc1cc(C)cc(N(CC(=O)N(Cc2ccc(Br)cc2)[C@@H](Cc2ccccc2)C(=O)NC2CCCC2)S(=O)(=O)c2ccccc2)c1. The molecule has 9 heteroatoms. The molecule has 1 saturated carbocycles. The van der Waals surface area contributed by atoms with E-state index in [1.54, 1.807) is 35.2 Å². The summed E-state index contributed by atoms with van der Waals surface area (Å²) in [5.74, 6) is -0.700. The van der Waals surface area contributed by atoms with Gasteiger partial charge in [-0.05, 0) is 85.3 Å². The Kier molecular flexibility index (Phi) is 11.0. The Morgan fingerprint density at radius 1 is 0.826 bits per heavy atom. The highest BCUT2D eigenvalue weighted by Gasteiger charge is 2.35. The molecule has 7 nitrogen and oxygen atoms in total. The van der Waals surface area contributed by atoms with Crippen LogP contribution in [-0.2, 0) is 32.6 Å². The average Bonchev–Trinajstić information content (AvgIpc) is 3.55. The maximum absolute atomic E-state index is 14.6. The molecule has 4 aromatic carbocycles. The summed E-state index contributed by atoms with van der Waals surface area (Å²) < 4.78 is 30.5. The van der Waals surface area contributed by atoms with Gasteiger partial charge in [-0.3, -0.25) is 13.9 Å². The Labute approximate surface area is 280 Å². The van der Waals surface area contributed by atoms with Crippen LogP contribution in [0, 0.1) is 13.8 Å². The standard InChI is InChI=1S/C37H40BrN3O4S/c1-27-21-28(2)23-33(22-27)41(46(44,45)34-15-7-4-8-16-34)26-36(42)40(25-30-17-19-31(38)20-18-30)35(24-29-11-5-3-6-12-29)37(43)39-32-13-9-10-14-32/h3-8,11-12,15-23,32,35H,9-10,13-14,24-26H2,1-2H3,(H,39,43)/t35-/m0/s1. The van der Waals surface area contributed by atoms with Crippen LogP contribution in [0.15, 0.2) is 112 Å². The van der Waals surface area contributed by atoms with E-state index >= 15 is 0 Å². The minimum Gasteiger partial charge on any atom is -0.352 e. The number of hydrogen-bond donors (Lipinski definition) is 1. The van der Waals surface area contributed by atoms with Crippen molar-refractivity contribution in [3.8, 4) is 0 Å². The number of hydrogen-bond acceptors (Lipinski definition) is 4. The molecule has 46 heavy (non-hydrogen) atoms. The Hall–Kier alpha value is -3.95. The Morgan fingerprint density at radius 2 is 1.41 bits per heavy atom. The van der Waals surface area contributed by atoms with Gasteiger partial charge in [-0.15, -0.1) is 0 Å². The zero-order valence-electron chi connectivity index (χ0n) is 26.2. The van der Waals surface area contributed by atoms with Crippen LogP contribution in [0.3, 0.4) is 0 Å². The Morgan fingerprint density at radius 3 is 2.02 bits per heavy atom. The van der Waals surface area contributed by atoms with Crippen LogP contribution in [0.5, 0.6) is 0 Å². The first kappa shape index (κ1) is 33.4. The molecule has 240 valence electrons. The van der Waals surface area contributed by atoms with E-state index in [9.17, 15) is 18.0 Å². The van der Waals surface area contributed by atoms with Crippen molar-refractivity contribution < 1.29 is 18.0 Å². The highest BCUT2D eigenvalue weighted by Crippen LogP contribution is 2.27. The number of anilines is 1. The normalized spacial score (nSPS) is 14.1. The summed E-state index contributed by atoms with van der Waals surface area (Å²) in [5, 5.41) is 3.21. The minimum atomic E-state index is -4.14. The van der Waals surface area contributed by atoms with Crippen molar-refractivity contribution in [2.75, 3.05) is 10.8 Å². The summed E-state index contributed by atoms with van der Waals surface area (Å²) in [7, 11) is -4.14. The third kappa shape index (κ3) is 8.44. The lowest BCUT2D eigenvalue weighted by Gasteiger charge is -2.34. The van der Waals surface area contributed by atoms with Gasteiger partial charge in [0.2, 0.25) is 11.8 Å². The van der Waals surface area contributed by atoms with E-state index in [0.717, 1.165) is 52.4 Å². The average molecular weight is 703 g/mol. The second kappa shape index (κ2) is 15.1. The maximum Gasteiger partial charge on any atom is 0.264 e. The monoisotopic (exact) mass is 701 g/mol. The van der Waals surface area contributed by atoms with Crippen molar-refractivity contribution in [2.24, 2.45) is 0 Å². The zero-order chi connectivity index (χ0) is 32.7. The fraction of sp³-hybridized carbons (Fsp3) is 0.297. The lowest BCUT2D eigenvalue weighted by atomic mass is 10.0. The van der Waals surface area contributed by atoms with E-state index in [0.29, 0.717) is 5.69 Å². The Bertz CT molecular complexity index is 1720. The number of halogens is 1. The van der Waals surface area contributed by atoms with Crippen LogP contribution < -0.4 is 9.62 Å². The van der Waals surface area contributed by atoms with E-state index in [1.807, 2.05) is 74.5 Å². The van der Waals surface area contributed by atoms with Gasteiger partial charge in [-0.25, -0.2) is 8.42 Å². The molecule has 5 rings (SSSR count). The lowest BCUT2D eigenvalue weighted by molar-refractivity contribution is -0.140. The number of benzene rings is 4. The number of amides is 2. The number of nitrogens with zero attached hydrogens (tertiary/aromatic N) is 2. The van der Waals surface area contributed by atoms with Gasteiger partial charge >= 0.3 is 0 Å². The van der Waals surface area contributed by atoms with Crippen LogP contribution >= 0.6 is 15.9 Å². The molecule has 1 fully saturated rings. The molecule has 0 bridgehead atoms. The van der Waals surface area contributed by atoms with Crippen molar-refractivity contribution in [2.45, 2.75) is 69.5 Å². The van der Waals surface area contributed by atoms with Gasteiger partial charge in [0.25, 0.3) is 10.0 Å². The van der Waals surface area contributed by atoms with E-state index in [-0.39, 0.29) is 29.8 Å². The molecule has 0 heterocycles. The number of rotatable bonds is 12. The summed E-state index contributed by atoms with van der Waals surface area (Å²) >= 11 is 3.48. The number of sulfonamides is 1. The summed E-state index contributed by atoms with van der Waals surface area (Å²) in [4.78, 5) is 30.4. The fourth-order valence-electron chi connectivity index (χ4n) is 6.05. The van der Waals surface area contributed by atoms with Gasteiger partial charge < -0.3 is 10.2 Å². The second-order valence-corrected chi connectivity index (χ2v) is 14.8. The second-order valence-electron chi connectivity index (χ2n) is 12.0. The zero-order valence-corrected chi connectivity index (χ0v) is 28.6. The topological polar surface area (TPSA) is 86.8 Å². The highest BCUT2D eigenvalue weighted by atomic mass is 79.9. The molecule has 0 unspecified atom stereocenters. The fourth-order valence-corrected chi connectivity index (χ4v) is 7.73. The molecule has 1 aliphatic carbocycles. The van der Waals surface area contributed by atoms with Gasteiger partial charge in [0.1, 0.15) is 12.6 Å². The largest absolute Gasteiger partial charge is 0.352 e. The molecular weight excluding hydrogens is 662 g/mol. The smallest absolute Gasteiger partial charge is 0.264 e. The molecule has 4 aromatic rings. The molecular formula is C37H40BrN3O4S. The number of nitrogens with one attached hydrogen (secondary N) is 1. The molecule has 1 N–H and O–H groups in total. The van der Waals surface area contributed by atoms with Crippen molar-refractivity contribution >= 4 is 43.5 Å². The van der Waals surface area contributed by atoms with Gasteiger partial charge in [0.15, 0.2) is 0 Å². The molecule has 0 aromatic heterocycles. The van der Waals surface area contributed by atoms with Crippen LogP contribution in [0.2, 0.25) is 0 Å². The first-order valence-electron chi connectivity index (χ1n) is 15.6. The number of aryl methyl sites for hydroxylation is 2. The summed E-state index contributed by atoms with van der Waals surface area (Å²) in [5.41, 5.74) is 3.88. The van der Waals surface area contributed by atoms with E-state index in [1.165, 1.54) is 16.4 Å². The van der Waals surface area contributed by atoms with Gasteiger partial charge in [0.05, 0.1) is 10.6 Å². The third-order valence-corrected chi connectivity index (χ3v) is 10.7. The van der Waals surface area contributed by atoms with Crippen molar-refractivity contribution in [3.63, 3.8) is 0 Å². The Balaban J connectivity index is 1.57. The van der Waals surface area contributed by atoms with Crippen LogP contribution in [-0.4, -0.2) is 43.8 Å². The molecule has 0 spiro atoms. The van der Waals surface area contributed by atoms with Crippen molar-refractivity contribution in [1.29, 1.82) is 0 Å².